The summed E-state index contributed by atoms with van der Waals surface area (Å²) in [6.45, 7) is 7.19. The summed E-state index contributed by atoms with van der Waals surface area (Å²) in [6.07, 6.45) is 4.87. The molecule has 0 aliphatic carbocycles. The van der Waals surface area contributed by atoms with Crippen molar-refractivity contribution in [3.63, 3.8) is 0 Å². The zero-order chi connectivity index (χ0) is 12.2. The molecule has 1 heterocycles. The molecule has 0 bridgehead atoms. The minimum Gasteiger partial charge on any atom is -0.384 e. The van der Waals surface area contributed by atoms with Crippen molar-refractivity contribution in [3.05, 3.63) is 12.0 Å². The Balaban J connectivity index is 2.72. The quantitative estimate of drug-likeness (QED) is 0.807. The molecule has 0 aromatic carbocycles. The van der Waals surface area contributed by atoms with Gasteiger partial charge in [-0.05, 0) is 20.3 Å². The molecule has 0 atom stereocenters. The predicted molar refractivity (Wildman–Crippen MR) is 66.3 cm³/mol. The number of methoxy groups -OCH3 is 1. The predicted octanol–water partition coefficient (Wildman–Crippen LogP) is 2.23. The Morgan fingerprint density at radius 1 is 1.50 bits per heavy atom. The van der Waals surface area contributed by atoms with Crippen molar-refractivity contribution in [3.8, 4) is 0 Å². The van der Waals surface area contributed by atoms with E-state index in [2.05, 4.69) is 11.9 Å². The molecule has 4 nitrogen and oxygen atoms in total. The molecule has 1 rings (SSSR count). The molecule has 0 amide bonds. The van der Waals surface area contributed by atoms with Crippen LogP contribution >= 0.6 is 0 Å². The number of hydrogen-bond acceptors (Lipinski definition) is 3. The van der Waals surface area contributed by atoms with Crippen LogP contribution in [-0.4, -0.2) is 22.3 Å². The van der Waals surface area contributed by atoms with Gasteiger partial charge in [-0.15, -0.1) is 0 Å². The van der Waals surface area contributed by atoms with Gasteiger partial charge >= 0.3 is 0 Å². The van der Waals surface area contributed by atoms with Crippen LogP contribution < -0.4 is 5.73 Å². The number of unbranched alkanes of at least 4 members (excludes halogenated alkanes) is 1. The third kappa shape index (κ3) is 3.23. The van der Waals surface area contributed by atoms with Crippen molar-refractivity contribution < 1.29 is 4.74 Å². The monoisotopic (exact) mass is 225 g/mol. The van der Waals surface area contributed by atoms with Crippen molar-refractivity contribution in [1.82, 2.24) is 9.55 Å². The fourth-order valence-corrected chi connectivity index (χ4v) is 1.55. The smallest absolute Gasteiger partial charge is 0.126 e. The molecular formula is C12H23N3O. The molecule has 0 unspecified atom stereocenters. The standard InChI is InChI=1S/C12H23N3O/c1-5-6-7-15-9-14-10(11(15)13)8-12(2,3)16-4/h9H,5-8,13H2,1-4H3. The molecular weight excluding hydrogens is 202 g/mol. The Labute approximate surface area is 97.8 Å². The van der Waals surface area contributed by atoms with Crippen LogP contribution in [0.25, 0.3) is 0 Å². The van der Waals surface area contributed by atoms with Crippen LogP contribution in [0.15, 0.2) is 6.33 Å². The minimum atomic E-state index is -0.210. The van der Waals surface area contributed by atoms with Gasteiger partial charge in [0.2, 0.25) is 0 Å². The summed E-state index contributed by atoms with van der Waals surface area (Å²) >= 11 is 0. The number of aryl methyl sites for hydroxylation is 1. The van der Waals surface area contributed by atoms with Crippen molar-refractivity contribution in [2.24, 2.45) is 0 Å². The lowest BCUT2D eigenvalue weighted by Crippen LogP contribution is -2.26. The molecule has 0 radical (unpaired) electrons. The molecule has 0 spiro atoms. The summed E-state index contributed by atoms with van der Waals surface area (Å²) < 4.78 is 7.40. The van der Waals surface area contributed by atoms with Crippen LogP contribution in [-0.2, 0) is 17.7 Å². The lowest BCUT2D eigenvalue weighted by molar-refractivity contribution is 0.0226. The van der Waals surface area contributed by atoms with E-state index in [0.717, 1.165) is 37.3 Å². The first kappa shape index (κ1) is 13.0. The fourth-order valence-electron chi connectivity index (χ4n) is 1.55. The van der Waals surface area contributed by atoms with Crippen LogP contribution in [0.2, 0.25) is 0 Å². The van der Waals surface area contributed by atoms with E-state index in [1.807, 2.05) is 24.7 Å². The molecule has 0 fully saturated rings. The Morgan fingerprint density at radius 3 is 2.75 bits per heavy atom. The lowest BCUT2D eigenvalue weighted by Gasteiger charge is -2.21. The maximum atomic E-state index is 6.05. The first-order valence-electron chi connectivity index (χ1n) is 5.85. The number of nitrogens with two attached hydrogens (primary N) is 1. The summed E-state index contributed by atoms with van der Waals surface area (Å²) in [5, 5.41) is 0. The Morgan fingerprint density at radius 2 is 2.19 bits per heavy atom. The van der Waals surface area contributed by atoms with E-state index < -0.39 is 0 Å². The highest BCUT2D eigenvalue weighted by molar-refractivity contribution is 5.36. The molecule has 1 aromatic rings. The lowest BCUT2D eigenvalue weighted by atomic mass is 10.0. The largest absolute Gasteiger partial charge is 0.384 e. The van der Waals surface area contributed by atoms with Crippen LogP contribution in [0.3, 0.4) is 0 Å². The van der Waals surface area contributed by atoms with Gasteiger partial charge in [-0.1, -0.05) is 13.3 Å². The summed E-state index contributed by atoms with van der Waals surface area (Å²) in [4.78, 5) is 4.36. The number of aromatic nitrogens is 2. The highest BCUT2D eigenvalue weighted by Gasteiger charge is 2.20. The third-order valence-electron chi connectivity index (χ3n) is 2.86. The molecule has 0 saturated heterocycles. The van der Waals surface area contributed by atoms with Crippen LogP contribution in [0.1, 0.15) is 39.3 Å². The number of hydrogen-bond donors (Lipinski definition) is 1. The summed E-state index contributed by atoms with van der Waals surface area (Å²) in [7, 11) is 1.71. The Bertz CT molecular complexity index is 331. The van der Waals surface area contributed by atoms with E-state index >= 15 is 0 Å². The molecule has 16 heavy (non-hydrogen) atoms. The topological polar surface area (TPSA) is 53.1 Å². The zero-order valence-corrected chi connectivity index (χ0v) is 10.8. The van der Waals surface area contributed by atoms with Gasteiger partial charge in [0.25, 0.3) is 0 Å². The molecule has 0 aliphatic rings. The van der Waals surface area contributed by atoms with E-state index in [1.165, 1.54) is 0 Å². The van der Waals surface area contributed by atoms with Crippen molar-refractivity contribution in [1.29, 1.82) is 0 Å². The van der Waals surface area contributed by atoms with Gasteiger partial charge in [-0.2, -0.15) is 0 Å². The van der Waals surface area contributed by atoms with Gasteiger partial charge in [0.05, 0.1) is 17.6 Å². The van der Waals surface area contributed by atoms with E-state index in [1.54, 1.807) is 7.11 Å². The highest BCUT2D eigenvalue weighted by Crippen LogP contribution is 2.20. The third-order valence-corrected chi connectivity index (χ3v) is 2.86. The highest BCUT2D eigenvalue weighted by atomic mass is 16.5. The number of nitrogens with zero attached hydrogens (tertiary/aromatic N) is 2. The second kappa shape index (κ2) is 5.34. The first-order chi connectivity index (χ1) is 7.50. The number of nitrogen functional groups attached to an aromatic ring is 1. The van der Waals surface area contributed by atoms with E-state index in [4.69, 9.17) is 10.5 Å². The van der Waals surface area contributed by atoms with Gasteiger partial charge in [-0.25, -0.2) is 4.98 Å². The van der Waals surface area contributed by atoms with Crippen LogP contribution in [0, 0.1) is 0 Å². The molecule has 4 heteroatoms. The fraction of sp³-hybridized carbons (Fsp3) is 0.750. The summed E-state index contributed by atoms with van der Waals surface area (Å²) in [6, 6.07) is 0. The van der Waals surface area contributed by atoms with Gasteiger partial charge in [0, 0.05) is 20.1 Å². The number of anilines is 1. The Kier molecular flexibility index (Phi) is 4.35. The Hall–Kier alpha value is -1.03. The van der Waals surface area contributed by atoms with Crippen molar-refractivity contribution in [2.75, 3.05) is 12.8 Å². The number of imidazole rings is 1. The van der Waals surface area contributed by atoms with Crippen molar-refractivity contribution in [2.45, 2.75) is 52.2 Å². The van der Waals surface area contributed by atoms with Crippen LogP contribution in [0.4, 0.5) is 5.82 Å². The van der Waals surface area contributed by atoms with E-state index in [0.29, 0.717) is 0 Å². The average molecular weight is 225 g/mol. The zero-order valence-electron chi connectivity index (χ0n) is 10.8. The van der Waals surface area contributed by atoms with E-state index in [-0.39, 0.29) is 5.60 Å². The number of rotatable bonds is 6. The molecule has 2 N–H and O–H groups in total. The first-order valence-corrected chi connectivity index (χ1v) is 5.85. The minimum absolute atomic E-state index is 0.210. The van der Waals surface area contributed by atoms with Gasteiger partial charge in [-0.3, -0.25) is 0 Å². The molecule has 0 saturated carbocycles. The molecule has 1 aromatic heterocycles. The number of ether oxygens (including phenoxy) is 1. The molecule has 92 valence electrons. The second-order valence-electron chi connectivity index (χ2n) is 4.76. The maximum Gasteiger partial charge on any atom is 0.126 e. The van der Waals surface area contributed by atoms with Crippen LogP contribution in [0.5, 0.6) is 0 Å². The van der Waals surface area contributed by atoms with Gasteiger partial charge in [0.1, 0.15) is 5.82 Å². The normalized spacial score (nSPS) is 12.0. The summed E-state index contributed by atoms with van der Waals surface area (Å²) in [5.74, 6) is 0.776. The average Bonchev–Trinajstić information content (AvgIpc) is 2.57. The second-order valence-corrected chi connectivity index (χ2v) is 4.76. The maximum absolute atomic E-state index is 6.05. The summed E-state index contributed by atoms with van der Waals surface area (Å²) in [5.41, 5.74) is 6.77. The van der Waals surface area contributed by atoms with E-state index in [9.17, 15) is 0 Å². The SMILES string of the molecule is CCCCn1cnc(CC(C)(C)OC)c1N. The van der Waals surface area contributed by atoms with Crippen molar-refractivity contribution >= 4 is 5.82 Å². The van der Waals surface area contributed by atoms with Gasteiger partial charge in [0.15, 0.2) is 0 Å². The van der Waals surface area contributed by atoms with Gasteiger partial charge < -0.3 is 15.0 Å². The molecule has 0 aliphatic heterocycles.